The van der Waals surface area contributed by atoms with E-state index >= 15 is 0 Å². The van der Waals surface area contributed by atoms with Gasteiger partial charge in [0.2, 0.25) is 5.91 Å². The van der Waals surface area contributed by atoms with E-state index < -0.39 is 13.2 Å². The molecule has 0 saturated carbocycles. The first-order valence-corrected chi connectivity index (χ1v) is 9.56. The number of aliphatic hydroxyl groups is 1. The maximum Gasteiger partial charge on any atom is 0.494 e. The van der Waals surface area contributed by atoms with Gasteiger partial charge in [0.15, 0.2) is 0 Å². The Balaban J connectivity index is 1.88. The van der Waals surface area contributed by atoms with Crippen molar-refractivity contribution in [2.24, 2.45) is 0 Å². The highest BCUT2D eigenvalue weighted by molar-refractivity contribution is 6.62. The summed E-state index contributed by atoms with van der Waals surface area (Å²) in [5.74, 6) is -0.00802. The van der Waals surface area contributed by atoms with Crippen molar-refractivity contribution in [2.45, 2.75) is 77.6 Å². The average Bonchev–Trinajstić information content (AvgIpc) is 2.81. The Morgan fingerprint density at radius 1 is 1.12 bits per heavy atom. The molecule has 0 bridgehead atoms. The Kier molecular flexibility index (Phi) is 6.89. The van der Waals surface area contributed by atoms with Crippen LogP contribution in [0.3, 0.4) is 0 Å². The molecule has 1 unspecified atom stereocenters. The molecule has 144 valence electrons. The minimum absolute atomic E-state index is 0.00802. The summed E-state index contributed by atoms with van der Waals surface area (Å²) >= 11 is 0. The summed E-state index contributed by atoms with van der Waals surface area (Å²) in [6.45, 7) is 10.4. The molecule has 0 spiro atoms. The Morgan fingerprint density at radius 3 is 2.23 bits per heavy atom. The molecule has 2 N–H and O–H groups in total. The lowest BCUT2D eigenvalue weighted by Crippen LogP contribution is -2.41. The van der Waals surface area contributed by atoms with Gasteiger partial charge in [0.25, 0.3) is 0 Å². The first kappa shape index (κ1) is 20.9. The van der Waals surface area contributed by atoms with E-state index in [0.717, 1.165) is 30.3 Å². The van der Waals surface area contributed by atoms with Crippen molar-refractivity contribution < 1.29 is 19.2 Å². The molecule has 1 aliphatic rings. The number of carbonyl (C=O) groups is 1. The largest absolute Gasteiger partial charge is 0.494 e. The fourth-order valence-corrected chi connectivity index (χ4v) is 2.81. The zero-order valence-electron chi connectivity index (χ0n) is 16.7. The van der Waals surface area contributed by atoms with Crippen LogP contribution in [-0.4, -0.2) is 35.9 Å². The molecule has 1 aliphatic heterocycles. The van der Waals surface area contributed by atoms with Gasteiger partial charge in [-0.3, -0.25) is 4.79 Å². The quantitative estimate of drug-likeness (QED) is 0.552. The van der Waals surface area contributed by atoms with Crippen molar-refractivity contribution in [1.82, 2.24) is 5.32 Å². The smallest absolute Gasteiger partial charge is 0.399 e. The minimum atomic E-state index is -0.725. The molecule has 0 aliphatic carbocycles. The third-order valence-corrected chi connectivity index (χ3v) is 5.35. The molecule has 2 rings (SSSR count). The summed E-state index contributed by atoms with van der Waals surface area (Å²) in [7, 11) is -0.413. The highest BCUT2D eigenvalue weighted by atomic mass is 16.7. The van der Waals surface area contributed by atoms with Gasteiger partial charge in [0.1, 0.15) is 0 Å². The molecule has 1 saturated heterocycles. The lowest BCUT2D eigenvalue weighted by Gasteiger charge is -2.32. The second-order valence-corrected chi connectivity index (χ2v) is 8.03. The van der Waals surface area contributed by atoms with Crippen LogP contribution in [0.1, 0.15) is 72.0 Å². The summed E-state index contributed by atoms with van der Waals surface area (Å²) in [4.78, 5) is 11.7. The maximum absolute atomic E-state index is 11.7. The van der Waals surface area contributed by atoms with E-state index in [0.29, 0.717) is 6.42 Å². The van der Waals surface area contributed by atoms with Crippen molar-refractivity contribution in [3.63, 3.8) is 0 Å². The van der Waals surface area contributed by atoms with Crippen LogP contribution in [-0.2, 0) is 14.1 Å². The molecule has 1 atom stereocenters. The molecule has 1 aromatic rings. The van der Waals surface area contributed by atoms with Gasteiger partial charge in [-0.25, -0.2) is 0 Å². The predicted octanol–water partition coefficient (Wildman–Crippen LogP) is 2.72. The highest BCUT2D eigenvalue weighted by Gasteiger charge is 2.51. The normalized spacial score (nSPS) is 19.4. The number of hydrogen-bond donors (Lipinski definition) is 2. The van der Waals surface area contributed by atoms with Crippen LogP contribution in [0.2, 0.25) is 0 Å². The van der Waals surface area contributed by atoms with Crippen molar-refractivity contribution in [3.05, 3.63) is 29.8 Å². The molecule has 1 fully saturated rings. The van der Waals surface area contributed by atoms with Gasteiger partial charge in [-0.1, -0.05) is 44.0 Å². The van der Waals surface area contributed by atoms with Gasteiger partial charge >= 0.3 is 7.12 Å². The zero-order valence-corrected chi connectivity index (χ0v) is 16.7. The van der Waals surface area contributed by atoms with E-state index in [1.165, 1.54) is 0 Å². The standard InChI is InChI=1S/C20H32BNO4/c1-6-7-8-9-18(24)22-14-17(23)15-10-12-16(13-11-15)21-25-19(2,3)20(4,5)26-21/h10-13,17,23H,6-9,14H2,1-5H3,(H,22,24). The third kappa shape index (κ3) is 5.09. The van der Waals surface area contributed by atoms with Gasteiger partial charge in [0.05, 0.1) is 17.3 Å². The number of unbranched alkanes of at least 4 members (excludes halogenated alkanes) is 2. The third-order valence-electron chi connectivity index (χ3n) is 5.35. The summed E-state index contributed by atoms with van der Waals surface area (Å²) in [6, 6.07) is 7.52. The van der Waals surface area contributed by atoms with Crippen LogP contribution in [0.4, 0.5) is 0 Å². The zero-order chi connectivity index (χ0) is 19.4. The Labute approximate surface area is 157 Å². The fourth-order valence-electron chi connectivity index (χ4n) is 2.81. The summed E-state index contributed by atoms with van der Waals surface area (Å²) in [5.41, 5.74) is 0.929. The molecule has 26 heavy (non-hydrogen) atoms. The molecule has 1 aromatic carbocycles. The van der Waals surface area contributed by atoms with Gasteiger partial charge < -0.3 is 19.7 Å². The van der Waals surface area contributed by atoms with E-state index in [4.69, 9.17) is 9.31 Å². The van der Waals surface area contributed by atoms with Crippen LogP contribution in [0.5, 0.6) is 0 Å². The van der Waals surface area contributed by atoms with Crippen molar-refractivity contribution in [1.29, 1.82) is 0 Å². The monoisotopic (exact) mass is 361 g/mol. The molecule has 5 nitrogen and oxygen atoms in total. The van der Waals surface area contributed by atoms with E-state index in [1.54, 1.807) is 0 Å². The topological polar surface area (TPSA) is 67.8 Å². The second kappa shape index (κ2) is 8.55. The van der Waals surface area contributed by atoms with E-state index in [1.807, 2.05) is 52.0 Å². The van der Waals surface area contributed by atoms with Gasteiger partial charge in [0, 0.05) is 13.0 Å². The van der Waals surface area contributed by atoms with Crippen molar-refractivity contribution in [3.8, 4) is 0 Å². The number of nitrogens with one attached hydrogen (secondary N) is 1. The summed E-state index contributed by atoms with van der Waals surface area (Å²) in [5, 5.41) is 13.1. The average molecular weight is 361 g/mol. The molecule has 1 amide bonds. The first-order chi connectivity index (χ1) is 12.2. The van der Waals surface area contributed by atoms with E-state index in [9.17, 15) is 9.90 Å². The predicted molar refractivity (Wildman–Crippen MR) is 104 cm³/mol. The number of aliphatic hydroxyl groups excluding tert-OH is 1. The van der Waals surface area contributed by atoms with Crippen LogP contribution in [0, 0.1) is 0 Å². The Morgan fingerprint density at radius 2 is 1.69 bits per heavy atom. The second-order valence-electron chi connectivity index (χ2n) is 8.03. The molecule has 0 aromatic heterocycles. The number of rotatable bonds is 8. The molecular formula is C20H32BNO4. The number of amides is 1. The van der Waals surface area contributed by atoms with Gasteiger partial charge in [-0.05, 0) is 45.1 Å². The van der Waals surface area contributed by atoms with Crippen LogP contribution < -0.4 is 10.8 Å². The Hall–Kier alpha value is -1.37. The SMILES string of the molecule is CCCCCC(=O)NCC(O)c1ccc(B2OC(C)(C)C(C)(C)O2)cc1. The van der Waals surface area contributed by atoms with Gasteiger partial charge in [-0.15, -0.1) is 0 Å². The molecule has 1 heterocycles. The van der Waals surface area contributed by atoms with Crippen molar-refractivity contribution >= 4 is 18.5 Å². The van der Waals surface area contributed by atoms with Crippen LogP contribution >= 0.6 is 0 Å². The first-order valence-electron chi connectivity index (χ1n) is 9.56. The Bertz CT molecular complexity index is 584. The van der Waals surface area contributed by atoms with Crippen molar-refractivity contribution in [2.75, 3.05) is 6.54 Å². The number of carbonyl (C=O) groups excluding carboxylic acids is 1. The lowest BCUT2D eigenvalue weighted by atomic mass is 9.78. The maximum atomic E-state index is 11.7. The van der Waals surface area contributed by atoms with Gasteiger partial charge in [-0.2, -0.15) is 0 Å². The lowest BCUT2D eigenvalue weighted by molar-refractivity contribution is -0.121. The summed E-state index contributed by atoms with van der Waals surface area (Å²) < 4.78 is 12.1. The molecule has 6 heteroatoms. The molecular weight excluding hydrogens is 329 g/mol. The fraction of sp³-hybridized carbons (Fsp3) is 0.650. The van der Waals surface area contributed by atoms with E-state index in [-0.39, 0.29) is 23.7 Å². The van der Waals surface area contributed by atoms with Crippen LogP contribution in [0.25, 0.3) is 0 Å². The van der Waals surface area contributed by atoms with Crippen LogP contribution in [0.15, 0.2) is 24.3 Å². The minimum Gasteiger partial charge on any atom is -0.399 e. The van der Waals surface area contributed by atoms with E-state index in [2.05, 4.69) is 12.2 Å². The molecule has 0 radical (unpaired) electrons. The summed E-state index contributed by atoms with van der Waals surface area (Å²) in [6.07, 6.45) is 2.82. The highest BCUT2D eigenvalue weighted by Crippen LogP contribution is 2.36. The number of hydrogen-bond acceptors (Lipinski definition) is 4. The number of benzene rings is 1.